The van der Waals surface area contributed by atoms with Gasteiger partial charge in [0.05, 0.1) is 6.42 Å². The topological polar surface area (TPSA) is 116 Å². The van der Waals surface area contributed by atoms with E-state index in [1.54, 1.807) is 13.8 Å². The van der Waals surface area contributed by atoms with Gasteiger partial charge in [-0.25, -0.2) is 4.79 Å². The van der Waals surface area contributed by atoms with Gasteiger partial charge in [0.2, 0.25) is 23.6 Å². The number of carbonyl (C=O) groups is 5. The van der Waals surface area contributed by atoms with E-state index in [1.165, 1.54) is 21.7 Å². The zero-order valence-electron chi connectivity index (χ0n) is 17.8. The van der Waals surface area contributed by atoms with Gasteiger partial charge >= 0.3 is 5.97 Å². The largest absolute Gasteiger partial charge is 0.464 e. The van der Waals surface area contributed by atoms with Gasteiger partial charge in [-0.15, -0.1) is 0 Å². The Morgan fingerprint density at radius 2 is 1.53 bits per heavy atom. The molecule has 0 radical (unpaired) electrons. The van der Waals surface area contributed by atoms with Crippen molar-refractivity contribution in [3.05, 3.63) is 0 Å². The number of nitrogens with one attached hydrogen (secondary N) is 1. The smallest absolute Gasteiger partial charge is 0.328 e. The normalized spacial score (nSPS) is 32.1. The van der Waals surface area contributed by atoms with Gasteiger partial charge in [-0.2, -0.15) is 0 Å². The molecule has 0 aliphatic carbocycles. The summed E-state index contributed by atoms with van der Waals surface area (Å²) in [6.07, 6.45) is 2.34. The van der Waals surface area contributed by atoms with Crippen LogP contribution in [-0.4, -0.2) is 95.2 Å². The zero-order valence-corrected chi connectivity index (χ0v) is 17.8. The molecule has 1 N–H and O–H groups in total. The van der Waals surface area contributed by atoms with E-state index in [2.05, 4.69) is 5.32 Å². The summed E-state index contributed by atoms with van der Waals surface area (Å²) in [7, 11) is 1.53. The number of carbonyl (C=O) groups excluding carboxylic acids is 5. The summed E-state index contributed by atoms with van der Waals surface area (Å²) in [6, 6.07) is -2.99. The molecule has 4 atom stereocenters. The molecule has 0 spiro atoms. The number of nitrogens with zero attached hydrogens (tertiary/aromatic N) is 3. The van der Waals surface area contributed by atoms with E-state index >= 15 is 0 Å². The third kappa shape index (κ3) is 4.27. The fourth-order valence-corrected chi connectivity index (χ4v) is 4.32. The van der Waals surface area contributed by atoms with Crippen molar-refractivity contribution >= 4 is 29.6 Å². The molecule has 166 valence electrons. The van der Waals surface area contributed by atoms with Crippen LogP contribution in [0.15, 0.2) is 0 Å². The Hall–Kier alpha value is -2.65. The first-order valence-corrected chi connectivity index (χ1v) is 10.6. The second-order valence-corrected chi connectivity index (χ2v) is 8.21. The number of likely N-dealkylation sites (N-methyl/N-ethyl adjacent to an activating group) is 1. The first kappa shape index (κ1) is 22.0. The van der Waals surface area contributed by atoms with Crippen LogP contribution < -0.4 is 5.32 Å². The van der Waals surface area contributed by atoms with E-state index in [0.29, 0.717) is 38.8 Å². The standard InChI is InChI=1S/C20H30N4O6/c1-12-18(27)24-10-5-7-15(24)20(29)30-11-8-16(25)23-9-4-6-14(23)19(28)22(3)13(2)17(26)21-12/h12-15H,4-11H2,1-3H3,(H,21,26). The average Bonchev–Trinajstić information content (AvgIpc) is 3.40. The third-order valence-corrected chi connectivity index (χ3v) is 6.26. The van der Waals surface area contributed by atoms with Gasteiger partial charge in [-0.1, -0.05) is 0 Å². The third-order valence-electron chi connectivity index (χ3n) is 6.26. The highest BCUT2D eigenvalue weighted by Crippen LogP contribution is 2.23. The quantitative estimate of drug-likeness (QED) is 0.515. The van der Waals surface area contributed by atoms with Crippen LogP contribution in [0, 0.1) is 0 Å². The van der Waals surface area contributed by atoms with Gasteiger partial charge < -0.3 is 24.8 Å². The van der Waals surface area contributed by atoms with E-state index in [4.69, 9.17) is 4.74 Å². The SMILES string of the molecule is CC1NC(=O)C(C)N(C)C(=O)C2CCCN2C(=O)CCOC(=O)C2CCCN2C1=O. The summed E-state index contributed by atoms with van der Waals surface area (Å²) >= 11 is 0. The molecule has 3 heterocycles. The highest BCUT2D eigenvalue weighted by atomic mass is 16.5. The lowest BCUT2D eigenvalue weighted by molar-refractivity contribution is -0.156. The van der Waals surface area contributed by atoms with Crippen LogP contribution in [0.2, 0.25) is 0 Å². The summed E-state index contributed by atoms with van der Waals surface area (Å²) in [4.78, 5) is 67.9. The number of hydrogen-bond acceptors (Lipinski definition) is 6. The maximum absolute atomic E-state index is 13.0. The van der Waals surface area contributed by atoms with Crippen molar-refractivity contribution in [1.29, 1.82) is 0 Å². The summed E-state index contributed by atoms with van der Waals surface area (Å²) in [5.41, 5.74) is 0. The zero-order chi connectivity index (χ0) is 22.0. The Labute approximate surface area is 175 Å². The van der Waals surface area contributed by atoms with Crippen LogP contribution in [0.4, 0.5) is 0 Å². The Kier molecular flexibility index (Phi) is 6.62. The highest BCUT2D eigenvalue weighted by Gasteiger charge is 2.40. The minimum Gasteiger partial charge on any atom is -0.464 e. The second-order valence-electron chi connectivity index (χ2n) is 8.21. The highest BCUT2D eigenvalue weighted by molar-refractivity contribution is 5.95. The van der Waals surface area contributed by atoms with Crippen molar-refractivity contribution in [2.75, 3.05) is 26.7 Å². The van der Waals surface area contributed by atoms with Gasteiger partial charge in [0.25, 0.3) is 0 Å². The first-order valence-electron chi connectivity index (χ1n) is 10.6. The summed E-state index contributed by atoms with van der Waals surface area (Å²) < 4.78 is 5.28. The molecule has 4 unspecified atom stereocenters. The van der Waals surface area contributed by atoms with Crippen LogP contribution in [0.5, 0.6) is 0 Å². The monoisotopic (exact) mass is 422 g/mol. The molecule has 0 aromatic carbocycles. The lowest BCUT2D eigenvalue weighted by Crippen LogP contribution is -2.56. The average molecular weight is 422 g/mol. The van der Waals surface area contributed by atoms with Crippen molar-refractivity contribution in [3.8, 4) is 0 Å². The van der Waals surface area contributed by atoms with Crippen LogP contribution in [0.25, 0.3) is 0 Å². The van der Waals surface area contributed by atoms with Crippen molar-refractivity contribution in [1.82, 2.24) is 20.0 Å². The number of rotatable bonds is 0. The number of ether oxygens (including phenoxy) is 1. The lowest BCUT2D eigenvalue weighted by Gasteiger charge is -2.32. The van der Waals surface area contributed by atoms with Crippen molar-refractivity contribution in [2.24, 2.45) is 0 Å². The fourth-order valence-electron chi connectivity index (χ4n) is 4.32. The summed E-state index contributed by atoms with van der Waals surface area (Å²) in [5.74, 6) is -1.95. The number of fused-ring (bicyclic) bond motifs is 2. The molecule has 3 fully saturated rings. The predicted octanol–water partition coefficient (Wildman–Crippen LogP) is -0.733. The minimum absolute atomic E-state index is 0.0215. The molecule has 4 amide bonds. The molecule has 30 heavy (non-hydrogen) atoms. The molecule has 3 saturated heterocycles. The molecular formula is C20H30N4O6. The van der Waals surface area contributed by atoms with Crippen LogP contribution in [-0.2, 0) is 28.7 Å². The minimum atomic E-state index is -0.839. The fraction of sp³-hybridized carbons (Fsp3) is 0.750. The van der Waals surface area contributed by atoms with E-state index in [0.717, 1.165) is 0 Å². The van der Waals surface area contributed by atoms with E-state index in [1.807, 2.05) is 0 Å². The van der Waals surface area contributed by atoms with E-state index < -0.39 is 36.0 Å². The van der Waals surface area contributed by atoms with E-state index in [9.17, 15) is 24.0 Å². The molecule has 3 aliphatic heterocycles. The molecule has 10 nitrogen and oxygen atoms in total. The maximum atomic E-state index is 13.0. The van der Waals surface area contributed by atoms with Crippen LogP contribution in [0.1, 0.15) is 46.0 Å². The number of amides is 4. The van der Waals surface area contributed by atoms with Crippen LogP contribution >= 0.6 is 0 Å². The Morgan fingerprint density at radius 3 is 2.23 bits per heavy atom. The Morgan fingerprint density at radius 1 is 0.900 bits per heavy atom. The van der Waals surface area contributed by atoms with Crippen LogP contribution in [0.3, 0.4) is 0 Å². The molecule has 3 aliphatic rings. The van der Waals surface area contributed by atoms with Gasteiger partial charge in [0.1, 0.15) is 30.8 Å². The molecule has 0 saturated carbocycles. The van der Waals surface area contributed by atoms with Gasteiger partial charge in [-0.3, -0.25) is 19.2 Å². The van der Waals surface area contributed by atoms with Gasteiger partial charge in [0.15, 0.2) is 0 Å². The Balaban J connectivity index is 1.84. The predicted molar refractivity (Wildman–Crippen MR) is 105 cm³/mol. The molecule has 10 heteroatoms. The maximum Gasteiger partial charge on any atom is 0.328 e. The van der Waals surface area contributed by atoms with Crippen molar-refractivity contribution in [3.63, 3.8) is 0 Å². The molecule has 0 bridgehead atoms. The summed E-state index contributed by atoms with van der Waals surface area (Å²) in [6.45, 7) is 3.92. The number of cyclic esters (lactones) is 1. The molecule has 3 rings (SSSR count). The van der Waals surface area contributed by atoms with Gasteiger partial charge in [-0.05, 0) is 39.5 Å². The molecule has 0 aromatic rings. The summed E-state index contributed by atoms with van der Waals surface area (Å²) in [5, 5.41) is 2.65. The second kappa shape index (κ2) is 9.01. The number of esters is 1. The Bertz CT molecular complexity index is 741. The van der Waals surface area contributed by atoms with Gasteiger partial charge in [0, 0.05) is 20.1 Å². The van der Waals surface area contributed by atoms with E-state index in [-0.39, 0.29) is 30.7 Å². The van der Waals surface area contributed by atoms with Crippen molar-refractivity contribution in [2.45, 2.75) is 70.1 Å². The van der Waals surface area contributed by atoms with Crippen molar-refractivity contribution < 1.29 is 28.7 Å². The number of hydrogen-bond donors (Lipinski definition) is 1. The molecular weight excluding hydrogens is 392 g/mol. The lowest BCUT2D eigenvalue weighted by atomic mass is 10.1. The first-order chi connectivity index (χ1) is 14.2. The molecule has 0 aromatic heterocycles.